The molecule has 0 aliphatic heterocycles. The highest BCUT2D eigenvalue weighted by molar-refractivity contribution is 5.85. The number of rotatable bonds is 13. The summed E-state index contributed by atoms with van der Waals surface area (Å²) in [5.41, 5.74) is 1.67. The number of esters is 2. The number of amides is 2. The largest absolute Gasteiger partial charge is 0.461 e. The SMILES string of the molecule is CC(=O)NCCCC(=O)N[C@H](CCC(=O)OCc1ccccc1)C(=O)OCc1ccccc1. The number of hydrogen-bond acceptors (Lipinski definition) is 6. The molecule has 0 aliphatic rings. The average molecular weight is 455 g/mol. The quantitative estimate of drug-likeness (QED) is 0.356. The van der Waals surface area contributed by atoms with E-state index in [4.69, 9.17) is 9.47 Å². The summed E-state index contributed by atoms with van der Waals surface area (Å²) in [7, 11) is 0. The van der Waals surface area contributed by atoms with Crippen molar-refractivity contribution in [3.05, 3.63) is 71.8 Å². The van der Waals surface area contributed by atoms with Gasteiger partial charge in [-0.3, -0.25) is 14.4 Å². The Morgan fingerprint density at radius 1 is 0.818 bits per heavy atom. The first-order chi connectivity index (χ1) is 15.9. The second-order valence-corrected chi connectivity index (χ2v) is 7.48. The molecule has 0 unspecified atom stereocenters. The van der Waals surface area contributed by atoms with E-state index in [0.29, 0.717) is 13.0 Å². The number of nitrogens with one attached hydrogen (secondary N) is 2. The Balaban J connectivity index is 1.86. The maximum atomic E-state index is 12.6. The van der Waals surface area contributed by atoms with E-state index in [9.17, 15) is 19.2 Å². The van der Waals surface area contributed by atoms with Crippen LogP contribution in [0.4, 0.5) is 0 Å². The van der Waals surface area contributed by atoms with Gasteiger partial charge in [-0.05, 0) is 24.0 Å². The maximum Gasteiger partial charge on any atom is 0.328 e. The molecule has 176 valence electrons. The topological polar surface area (TPSA) is 111 Å². The molecule has 0 bridgehead atoms. The minimum absolute atomic E-state index is 0.0515. The highest BCUT2D eigenvalue weighted by Crippen LogP contribution is 2.08. The van der Waals surface area contributed by atoms with Gasteiger partial charge >= 0.3 is 11.9 Å². The van der Waals surface area contributed by atoms with E-state index in [-0.39, 0.29) is 44.3 Å². The molecule has 0 saturated carbocycles. The fraction of sp³-hybridized carbons (Fsp3) is 0.360. The maximum absolute atomic E-state index is 12.6. The number of benzene rings is 2. The summed E-state index contributed by atoms with van der Waals surface area (Å²) < 4.78 is 10.6. The molecule has 0 heterocycles. The van der Waals surface area contributed by atoms with E-state index < -0.39 is 18.0 Å². The van der Waals surface area contributed by atoms with Crippen LogP contribution in [0, 0.1) is 0 Å². The van der Waals surface area contributed by atoms with Crippen LogP contribution in [0.5, 0.6) is 0 Å². The third-order valence-corrected chi connectivity index (χ3v) is 4.68. The molecule has 2 N–H and O–H groups in total. The Morgan fingerprint density at radius 3 is 1.97 bits per heavy atom. The van der Waals surface area contributed by atoms with Crippen LogP contribution >= 0.6 is 0 Å². The van der Waals surface area contributed by atoms with Crippen LogP contribution in [0.2, 0.25) is 0 Å². The Morgan fingerprint density at radius 2 is 1.39 bits per heavy atom. The summed E-state index contributed by atoms with van der Waals surface area (Å²) in [6.45, 7) is 1.96. The van der Waals surface area contributed by atoms with Crippen molar-refractivity contribution in [2.24, 2.45) is 0 Å². The average Bonchev–Trinajstić information content (AvgIpc) is 2.82. The van der Waals surface area contributed by atoms with Gasteiger partial charge in [-0.25, -0.2) is 4.79 Å². The van der Waals surface area contributed by atoms with Gasteiger partial charge in [0.2, 0.25) is 11.8 Å². The number of carbonyl (C=O) groups is 4. The first kappa shape index (κ1) is 25.6. The van der Waals surface area contributed by atoms with Gasteiger partial charge in [0.15, 0.2) is 0 Å². The minimum Gasteiger partial charge on any atom is -0.461 e. The van der Waals surface area contributed by atoms with Gasteiger partial charge in [0.05, 0.1) is 0 Å². The van der Waals surface area contributed by atoms with Gasteiger partial charge in [-0.2, -0.15) is 0 Å². The van der Waals surface area contributed by atoms with E-state index in [1.165, 1.54) is 6.92 Å². The molecule has 0 aromatic heterocycles. The monoisotopic (exact) mass is 454 g/mol. The Hall–Kier alpha value is -3.68. The van der Waals surface area contributed by atoms with Crippen molar-refractivity contribution in [3.63, 3.8) is 0 Å². The number of hydrogen-bond donors (Lipinski definition) is 2. The lowest BCUT2D eigenvalue weighted by Gasteiger charge is -2.18. The van der Waals surface area contributed by atoms with Crippen LogP contribution < -0.4 is 10.6 Å². The second kappa shape index (κ2) is 14.4. The lowest BCUT2D eigenvalue weighted by Crippen LogP contribution is -2.42. The molecule has 0 fully saturated rings. The predicted octanol–water partition coefficient (Wildman–Crippen LogP) is 2.65. The number of ether oxygens (including phenoxy) is 2. The molecule has 0 saturated heterocycles. The van der Waals surface area contributed by atoms with Crippen LogP contribution in [-0.2, 0) is 41.9 Å². The lowest BCUT2D eigenvalue weighted by atomic mass is 10.1. The molecule has 2 aromatic carbocycles. The Bertz CT molecular complexity index is 902. The molecule has 33 heavy (non-hydrogen) atoms. The van der Waals surface area contributed by atoms with Crippen LogP contribution in [0.25, 0.3) is 0 Å². The standard InChI is InChI=1S/C25H30N2O6/c1-19(28)26-16-8-13-23(29)27-22(25(31)33-18-21-11-6-3-7-12-21)14-15-24(30)32-17-20-9-4-2-5-10-20/h2-7,9-12,22H,8,13-18H2,1H3,(H,26,28)(H,27,29)/t22-/m1/s1. The van der Waals surface area contributed by atoms with E-state index in [1.807, 2.05) is 60.7 Å². The summed E-state index contributed by atoms with van der Waals surface area (Å²) >= 11 is 0. The lowest BCUT2D eigenvalue weighted by molar-refractivity contribution is -0.150. The van der Waals surface area contributed by atoms with Gasteiger partial charge in [0.1, 0.15) is 19.3 Å². The molecule has 2 amide bonds. The summed E-state index contributed by atoms with van der Waals surface area (Å²) in [5.74, 6) is -1.63. The fourth-order valence-electron chi connectivity index (χ4n) is 2.93. The highest BCUT2D eigenvalue weighted by atomic mass is 16.5. The van der Waals surface area contributed by atoms with E-state index in [1.54, 1.807) is 0 Å². The van der Waals surface area contributed by atoms with Gasteiger partial charge in [-0.15, -0.1) is 0 Å². The first-order valence-electron chi connectivity index (χ1n) is 10.9. The van der Waals surface area contributed by atoms with Gasteiger partial charge < -0.3 is 20.1 Å². The first-order valence-corrected chi connectivity index (χ1v) is 10.9. The summed E-state index contributed by atoms with van der Waals surface area (Å²) in [6.07, 6.45) is 0.556. The summed E-state index contributed by atoms with van der Waals surface area (Å²) in [6, 6.07) is 17.5. The van der Waals surface area contributed by atoms with Crippen molar-refractivity contribution < 1.29 is 28.7 Å². The highest BCUT2D eigenvalue weighted by Gasteiger charge is 2.23. The normalized spacial score (nSPS) is 11.2. The third-order valence-electron chi connectivity index (χ3n) is 4.68. The molecule has 2 rings (SSSR count). The second-order valence-electron chi connectivity index (χ2n) is 7.48. The zero-order valence-electron chi connectivity index (χ0n) is 18.8. The molecular formula is C25H30N2O6. The van der Waals surface area contributed by atoms with Crippen LogP contribution in [0.3, 0.4) is 0 Å². The van der Waals surface area contributed by atoms with Crippen LogP contribution in [0.1, 0.15) is 43.7 Å². The summed E-state index contributed by atoms with van der Waals surface area (Å²) in [4.78, 5) is 48.0. The van der Waals surface area contributed by atoms with E-state index in [0.717, 1.165) is 11.1 Å². The van der Waals surface area contributed by atoms with E-state index in [2.05, 4.69) is 10.6 Å². The Labute approximate surface area is 193 Å². The molecule has 0 spiro atoms. The molecular weight excluding hydrogens is 424 g/mol. The van der Waals surface area contributed by atoms with Crippen LogP contribution in [-0.4, -0.2) is 36.3 Å². The van der Waals surface area contributed by atoms with Crippen molar-refractivity contribution in [3.8, 4) is 0 Å². The zero-order valence-corrected chi connectivity index (χ0v) is 18.8. The predicted molar refractivity (Wildman–Crippen MR) is 122 cm³/mol. The molecule has 8 heteroatoms. The Kier molecular flexibility index (Phi) is 11.2. The van der Waals surface area contributed by atoms with Crippen molar-refractivity contribution in [1.82, 2.24) is 10.6 Å². The molecule has 0 radical (unpaired) electrons. The van der Waals surface area contributed by atoms with Crippen molar-refractivity contribution >= 4 is 23.8 Å². The van der Waals surface area contributed by atoms with E-state index >= 15 is 0 Å². The van der Waals surface area contributed by atoms with Crippen molar-refractivity contribution in [2.45, 2.75) is 51.9 Å². The minimum atomic E-state index is -0.980. The smallest absolute Gasteiger partial charge is 0.328 e. The van der Waals surface area contributed by atoms with Gasteiger partial charge in [0, 0.05) is 26.3 Å². The van der Waals surface area contributed by atoms with Gasteiger partial charge in [0.25, 0.3) is 0 Å². The third kappa shape index (κ3) is 11.0. The van der Waals surface area contributed by atoms with Crippen molar-refractivity contribution in [2.75, 3.05) is 6.54 Å². The molecule has 0 aliphatic carbocycles. The summed E-state index contributed by atoms with van der Waals surface area (Å²) in [5, 5.41) is 5.25. The van der Waals surface area contributed by atoms with Crippen LogP contribution in [0.15, 0.2) is 60.7 Å². The fourth-order valence-corrected chi connectivity index (χ4v) is 2.93. The van der Waals surface area contributed by atoms with Gasteiger partial charge in [-0.1, -0.05) is 60.7 Å². The molecule has 1 atom stereocenters. The number of carbonyl (C=O) groups excluding carboxylic acids is 4. The molecule has 8 nitrogen and oxygen atoms in total. The van der Waals surface area contributed by atoms with Crippen molar-refractivity contribution in [1.29, 1.82) is 0 Å². The zero-order chi connectivity index (χ0) is 23.9. The molecule has 2 aromatic rings.